The number of aliphatic hydroxyl groups is 1. The minimum Gasteiger partial charge on any atom is -0.444 e. The number of likely N-dealkylation sites (tertiary alicyclic amines) is 4. The first-order valence-corrected chi connectivity index (χ1v) is 39.2. The van der Waals surface area contributed by atoms with Crippen molar-refractivity contribution in [3.8, 4) is 0 Å². The van der Waals surface area contributed by atoms with Gasteiger partial charge in [-0.25, -0.2) is 47.1 Å². The Morgan fingerprint density at radius 3 is 1.21 bits per heavy atom. The van der Waals surface area contributed by atoms with Crippen LogP contribution >= 0.6 is 39.1 Å². The van der Waals surface area contributed by atoms with E-state index in [4.69, 9.17) is 42.5 Å². The summed E-state index contributed by atoms with van der Waals surface area (Å²) in [4.78, 5) is 96.8. The molecule has 4 amide bonds. The largest absolute Gasteiger partial charge is 0.444 e. The molecule has 0 aliphatic carbocycles. The van der Waals surface area contributed by atoms with Crippen molar-refractivity contribution in [3.63, 3.8) is 0 Å². The van der Waals surface area contributed by atoms with Crippen molar-refractivity contribution in [3.05, 3.63) is 185 Å². The van der Waals surface area contributed by atoms with Gasteiger partial charge in [-0.2, -0.15) is 0 Å². The number of ether oxygens (including phenoxy) is 3. The Balaban J connectivity index is 0.000000145. The molecule has 111 heavy (non-hydrogen) atoms. The first-order chi connectivity index (χ1) is 53.1. The number of nitrogens with one attached hydrogen (secondary N) is 1. The number of hydrogen-bond donors (Lipinski definition) is 2. The van der Waals surface area contributed by atoms with Crippen molar-refractivity contribution < 1.29 is 60.9 Å². The lowest BCUT2D eigenvalue weighted by molar-refractivity contribution is -0.137. The average molecular weight is 1640 g/mol. The molecule has 8 bridgehead atoms. The van der Waals surface area contributed by atoms with Crippen molar-refractivity contribution >= 4 is 108 Å². The van der Waals surface area contributed by atoms with Crippen LogP contribution in [0, 0.1) is 23.3 Å². The molecule has 0 radical (unpaired) electrons. The zero-order valence-corrected chi connectivity index (χ0v) is 66.6. The predicted molar refractivity (Wildman–Crippen MR) is 422 cm³/mol. The van der Waals surface area contributed by atoms with Gasteiger partial charge in [-0.15, -0.1) is 11.6 Å². The molecule has 16 rings (SSSR count). The van der Waals surface area contributed by atoms with Crippen LogP contribution in [0.15, 0.2) is 151 Å². The Morgan fingerprint density at radius 1 is 0.486 bits per heavy atom. The van der Waals surface area contributed by atoms with Gasteiger partial charge >= 0.3 is 12.2 Å². The lowest BCUT2D eigenvalue weighted by atomic mass is 10.1. The van der Waals surface area contributed by atoms with E-state index in [1.54, 1.807) is 48.5 Å². The van der Waals surface area contributed by atoms with Crippen LogP contribution in [0.25, 0.3) is 21.8 Å². The molecule has 2 aromatic carbocycles. The van der Waals surface area contributed by atoms with E-state index in [9.17, 15) is 41.5 Å². The molecule has 8 unspecified atom stereocenters. The molecule has 6 aromatic heterocycles. The third-order valence-corrected chi connectivity index (χ3v) is 20.8. The molecular weight excluding hydrogens is 1540 g/mol. The number of carbonyl (C=O) groups is 5. The van der Waals surface area contributed by atoms with Gasteiger partial charge in [-0.05, 0) is 204 Å². The summed E-state index contributed by atoms with van der Waals surface area (Å²) in [6.45, 7) is 19.1. The third kappa shape index (κ3) is 24.1. The molecule has 8 aromatic rings. The highest BCUT2D eigenvalue weighted by molar-refractivity contribution is 9.10. The molecule has 14 heterocycles. The Kier molecular flexibility index (Phi) is 30.1. The van der Waals surface area contributed by atoms with Gasteiger partial charge in [0, 0.05) is 130 Å². The number of aromatic nitrogens is 6. The van der Waals surface area contributed by atoms with E-state index in [-0.39, 0.29) is 113 Å². The normalized spacial score (nSPS) is 21.1. The summed E-state index contributed by atoms with van der Waals surface area (Å²) >= 11 is 13.5. The molecule has 2 N–H and O–H groups in total. The molecule has 0 saturated carbocycles. The van der Waals surface area contributed by atoms with Crippen LogP contribution in [0.3, 0.4) is 0 Å². The number of carbonyl (C=O) groups excluding carboxylic acids is 5. The number of benzene rings is 2. The van der Waals surface area contributed by atoms with Crippen LogP contribution in [0.5, 0.6) is 0 Å². The molecule has 8 aliphatic heterocycles. The number of piperazine rings is 4. The number of fused-ring (bicyclic) bond motifs is 10. The van der Waals surface area contributed by atoms with E-state index in [1.807, 2.05) is 117 Å². The molecular formula is C81H97BrCl2F4N14O9. The van der Waals surface area contributed by atoms with E-state index in [1.165, 1.54) is 55.7 Å². The van der Waals surface area contributed by atoms with E-state index in [2.05, 4.69) is 65.9 Å². The first kappa shape index (κ1) is 84.5. The Hall–Kier alpha value is -8.93. The first-order valence-electron chi connectivity index (χ1n) is 37.4. The maximum Gasteiger partial charge on any atom is 0.410 e. The maximum absolute atomic E-state index is 13.2. The van der Waals surface area contributed by atoms with Gasteiger partial charge in [0.1, 0.15) is 69.0 Å². The smallest absolute Gasteiger partial charge is 0.410 e. The summed E-state index contributed by atoms with van der Waals surface area (Å²) in [6.07, 6.45) is 16.9. The van der Waals surface area contributed by atoms with E-state index >= 15 is 0 Å². The van der Waals surface area contributed by atoms with Gasteiger partial charge in [0.05, 0.1) is 49.0 Å². The monoisotopic (exact) mass is 1630 g/mol. The Morgan fingerprint density at radius 2 is 0.856 bits per heavy atom. The fraction of sp³-hybridized carbons (Fsp3) is 0.469. The molecule has 23 nitrogen and oxygen atoms in total. The number of aliphatic hydroxyl groups excluding tert-OH is 1. The van der Waals surface area contributed by atoms with Gasteiger partial charge < -0.3 is 58.9 Å². The summed E-state index contributed by atoms with van der Waals surface area (Å²) in [5, 5.41) is 14.3. The molecule has 8 fully saturated rings. The van der Waals surface area contributed by atoms with Crippen LogP contribution in [0.1, 0.15) is 117 Å². The summed E-state index contributed by atoms with van der Waals surface area (Å²) in [5.74, 6) is 1.11. The fourth-order valence-corrected chi connectivity index (χ4v) is 15.3. The molecule has 8 aliphatic rings. The highest BCUT2D eigenvalue weighted by Gasteiger charge is 2.45. The van der Waals surface area contributed by atoms with Crippen LogP contribution in [-0.4, -0.2) is 208 Å². The lowest BCUT2D eigenvalue weighted by Gasteiger charge is -2.41. The molecule has 30 heteroatoms. The van der Waals surface area contributed by atoms with E-state index in [0.29, 0.717) is 69.0 Å². The number of alkyl halides is 1. The number of rotatable bonds is 10. The topological polar surface area (TPSA) is 245 Å². The Bertz CT molecular complexity index is 4310. The lowest BCUT2D eigenvalue weighted by Crippen LogP contribution is -2.56. The molecule has 594 valence electrons. The van der Waals surface area contributed by atoms with Crippen molar-refractivity contribution in [1.29, 1.82) is 0 Å². The number of halogens is 7. The number of nitrogens with zero attached hydrogens (tertiary/aromatic N) is 13. The van der Waals surface area contributed by atoms with Crippen LogP contribution in [-0.2, 0) is 41.8 Å². The SMILES string of the molecule is CC(C)(C)OC(=O)N1CC2CCC(C1)N2.CC(C)(C)OC(=O)N1CC2CCC(C1)N2c1ccc(F)cn1.CCC(=O)Cl.Fc1ccc(Br)nc1.O=C(CCl)N1CC2CCC(C1)N2c1ccc(F)cn1.O=C(COCc1cccc2ncccc12)N1CC2CCC(C1)N2c1ccc(F)cn1.OCc1cccc2ncccc12. The zero-order valence-electron chi connectivity index (χ0n) is 63.5. The summed E-state index contributed by atoms with van der Waals surface area (Å²) in [7, 11) is 0. The maximum atomic E-state index is 13.2. The third-order valence-electron chi connectivity index (χ3n) is 19.8. The zero-order chi connectivity index (χ0) is 79.5. The summed E-state index contributed by atoms with van der Waals surface area (Å²) in [6, 6.07) is 34.2. The van der Waals surface area contributed by atoms with E-state index < -0.39 is 5.60 Å². The standard InChI is InChI=1S/C23H23FN4O2.C16H22FN3O2.C13H15ClFN3O.C11H20N2O2.C10H9NO.C5H3BrFN.C3H5ClO/c24-17-6-9-22(26-11-17)28-18-7-8-19(28)13-27(12-18)23(29)15-30-14-16-3-1-5-21-20(16)4-2-10-25-21;1-16(2,3)22-15(21)19-9-12-5-6-13(10-19)20(12)14-7-4-11(17)8-18-14;14-5-13(19)17-7-10-2-3-11(8-17)18(10)12-4-1-9(15)6-16-12;1-11(2,3)15-10(14)13-6-8-4-5-9(7-13)12-8;12-7-8-3-1-5-10-9(8)4-2-6-11-10;6-5-2-1-4(7)3-8-5;1-2-3(4)5/h1-6,9-11,18-19H,7-8,12-15H2;4,7-8,12-13H,5-6,9-10H2,1-3H3;1,4,6,10-11H,2-3,5,7-8H2;8-9,12H,4-7H2,1-3H3;1-6,12H,7H2;1-3H;2H2,1H3. The number of amides is 4. The van der Waals surface area contributed by atoms with Gasteiger partial charge in [-0.3, -0.25) is 24.4 Å². The summed E-state index contributed by atoms with van der Waals surface area (Å²) < 4.78 is 68.4. The van der Waals surface area contributed by atoms with E-state index in [0.717, 1.165) is 108 Å². The van der Waals surface area contributed by atoms with Gasteiger partial charge in [-0.1, -0.05) is 43.3 Å². The van der Waals surface area contributed by atoms with Crippen molar-refractivity contribution in [2.75, 3.05) is 79.5 Å². The van der Waals surface area contributed by atoms with Crippen LogP contribution in [0.4, 0.5) is 44.6 Å². The second kappa shape index (κ2) is 39.5. The fourth-order valence-electron chi connectivity index (χ4n) is 14.9. The van der Waals surface area contributed by atoms with Gasteiger partial charge in [0.25, 0.3) is 0 Å². The van der Waals surface area contributed by atoms with Crippen molar-refractivity contribution in [1.82, 2.24) is 54.8 Å². The number of pyridine rings is 6. The average Bonchev–Trinajstić information content (AvgIpc) is 1.64. The second-order valence-corrected chi connectivity index (χ2v) is 31.7. The quantitative estimate of drug-likeness (QED) is 0.0559. The summed E-state index contributed by atoms with van der Waals surface area (Å²) in [5.41, 5.74) is 2.95. The highest BCUT2D eigenvalue weighted by atomic mass is 79.9. The van der Waals surface area contributed by atoms with Crippen molar-refractivity contribution in [2.45, 2.75) is 179 Å². The second-order valence-electron chi connectivity index (χ2n) is 30.2. The Labute approximate surface area is 663 Å². The molecule has 8 saturated heterocycles. The van der Waals surface area contributed by atoms with Crippen molar-refractivity contribution in [2.24, 2.45) is 0 Å². The minimum absolute atomic E-state index is 0.00900. The van der Waals surface area contributed by atoms with Crippen LogP contribution < -0.4 is 20.0 Å². The van der Waals surface area contributed by atoms with Gasteiger partial charge in [0.15, 0.2) is 0 Å². The van der Waals surface area contributed by atoms with Crippen LogP contribution in [0.2, 0.25) is 0 Å². The number of hydrogen-bond acceptors (Lipinski definition) is 19. The number of anilines is 3. The highest BCUT2D eigenvalue weighted by Crippen LogP contribution is 2.38. The van der Waals surface area contributed by atoms with Gasteiger partial charge in [0.2, 0.25) is 17.1 Å². The minimum atomic E-state index is -0.480. The molecule has 0 spiro atoms. The predicted octanol–water partition coefficient (Wildman–Crippen LogP) is 13.8. The molecule has 8 atom stereocenters.